The Morgan fingerprint density at radius 2 is 1.30 bits per heavy atom. The summed E-state index contributed by atoms with van der Waals surface area (Å²) in [6.07, 6.45) is -0.910. The van der Waals surface area contributed by atoms with Crippen LogP contribution in [-0.2, 0) is 16.3 Å². The average Bonchev–Trinajstić information content (AvgIpc) is 2.59. The molecule has 2 N–H and O–H groups in total. The lowest BCUT2D eigenvalue weighted by molar-refractivity contribution is 0.0135. The first-order valence-electron chi connectivity index (χ1n) is 7.67. The SMILES string of the molecule is O=S(=O)(CC[C@H](O)[C@@H](O)CCc1ccccc1)c1ccccc1. The zero-order valence-electron chi connectivity index (χ0n) is 12.9. The topological polar surface area (TPSA) is 74.6 Å². The molecule has 0 radical (unpaired) electrons. The van der Waals surface area contributed by atoms with E-state index < -0.39 is 22.0 Å². The van der Waals surface area contributed by atoms with Gasteiger partial charge in [0.05, 0.1) is 22.9 Å². The van der Waals surface area contributed by atoms with E-state index >= 15 is 0 Å². The van der Waals surface area contributed by atoms with Crippen molar-refractivity contribution in [2.45, 2.75) is 36.4 Å². The van der Waals surface area contributed by atoms with E-state index in [2.05, 4.69) is 0 Å². The van der Waals surface area contributed by atoms with Crippen LogP contribution in [0.25, 0.3) is 0 Å². The summed E-state index contributed by atoms with van der Waals surface area (Å²) < 4.78 is 24.3. The molecule has 4 nitrogen and oxygen atoms in total. The van der Waals surface area contributed by atoms with Crippen molar-refractivity contribution in [3.8, 4) is 0 Å². The molecule has 2 rings (SSSR count). The third kappa shape index (κ3) is 5.46. The second-order valence-corrected chi connectivity index (χ2v) is 7.69. The van der Waals surface area contributed by atoms with Gasteiger partial charge in [-0.05, 0) is 37.0 Å². The number of aliphatic hydroxyl groups excluding tert-OH is 2. The van der Waals surface area contributed by atoms with E-state index in [0.29, 0.717) is 12.8 Å². The molecule has 0 aliphatic heterocycles. The molecule has 2 aromatic rings. The molecular weight excluding hydrogens is 312 g/mol. The maximum atomic E-state index is 12.1. The van der Waals surface area contributed by atoms with Gasteiger partial charge in [-0.3, -0.25) is 0 Å². The van der Waals surface area contributed by atoms with Gasteiger partial charge in [-0.25, -0.2) is 8.42 Å². The predicted molar refractivity (Wildman–Crippen MR) is 89.9 cm³/mol. The quantitative estimate of drug-likeness (QED) is 0.776. The zero-order valence-corrected chi connectivity index (χ0v) is 13.7. The van der Waals surface area contributed by atoms with Crippen LogP contribution in [-0.4, -0.2) is 36.6 Å². The first-order chi connectivity index (χ1) is 11.0. The molecule has 0 spiro atoms. The first-order valence-corrected chi connectivity index (χ1v) is 9.32. The van der Waals surface area contributed by atoms with E-state index in [0.717, 1.165) is 5.56 Å². The fraction of sp³-hybridized carbons (Fsp3) is 0.333. The van der Waals surface area contributed by atoms with Gasteiger partial charge in [0.25, 0.3) is 0 Å². The lowest BCUT2D eigenvalue weighted by Gasteiger charge is -2.17. The molecule has 0 aliphatic carbocycles. The monoisotopic (exact) mass is 334 g/mol. The van der Waals surface area contributed by atoms with Gasteiger partial charge in [-0.1, -0.05) is 48.5 Å². The number of benzene rings is 2. The molecule has 0 amide bonds. The van der Waals surface area contributed by atoms with Crippen LogP contribution in [0, 0.1) is 0 Å². The van der Waals surface area contributed by atoms with E-state index in [-0.39, 0.29) is 17.1 Å². The second-order valence-electron chi connectivity index (χ2n) is 5.58. The van der Waals surface area contributed by atoms with E-state index in [9.17, 15) is 18.6 Å². The maximum Gasteiger partial charge on any atom is 0.178 e. The summed E-state index contributed by atoms with van der Waals surface area (Å²) in [6.45, 7) is 0. The van der Waals surface area contributed by atoms with Crippen LogP contribution in [0.5, 0.6) is 0 Å². The minimum absolute atomic E-state index is 0.0210. The van der Waals surface area contributed by atoms with Crippen LogP contribution >= 0.6 is 0 Å². The Hall–Kier alpha value is -1.69. The van der Waals surface area contributed by atoms with Crippen molar-refractivity contribution in [2.24, 2.45) is 0 Å². The average molecular weight is 334 g/mol. The minimum Gasteiger partial charge on any atom is -0.390 e. The van der Waals surface area contributed by atoms with Gasteiger partial charge in [0.2, 0.25) is 0 Å². The Morgan fingerprint density at radius 1 is 0.783 bits per heavy atom. The van der Waals surface area contributed by atoms with Crippen molar-refractivity contribution < 1.29 is 18.6 Å². The van der Waals surface area contributed by atoms with E-state index in [1.54, 1.807) is 18.2 Å². The molecule has 0 bridgehead atoms. The van der Waals surface area contributed by atoms with Gasteiger partial charge >= 0.3 is 0 Å². The second kappa shape index (κ2) is 8.24. The molecule has 2 aromatic carbocycles. The Morgan fingerprint density at radius 3 is 1.91 bits per heavy atom. The molecule has 0 saturated carbocycles. The summed E-state index contributed by atoms with van der Waals surface area (Å²) in [6, 6.07) is 17.8. The Kier molecular flexibility index (Phi) is 6.33. The highest BCUT2D eigenvalue weighted by Gasteiger charge is 2.21. The highest BCUT2D eigenvalue weighted by Crippen LogP contribution is 2.15. The lowest BCUT2D eigenvalue weighted by Crippen LogP contribution is -2.28. The van der Waals surface area contributed by atoms with Gasteiger partial charge in [-0.2, -0.15) is 0 Å². The van der Waals surface area contributed by atoms with Crippen molar-refractivity contribution in [3.05, 3.63) is 66.2 Å². The van der Waals surface area contributed by atoms with Crippen molar-refractivity contribution >= 4 is 9.84 Å². The van der Waals surface area contributed by atoms with Crippen LogP contribution in [0.15, 0.2) is 65.6 Å². The van der Waals surface area contributed by atoms with Crippen molar-refractivity contribution in [2.75, 3.05) is 5.75 Å². The Bertz CT molecular complexity index is 683. The predicted octanol–water partition coefficient (Wildman–Crippen LogP) is 2.21. The molecule has 0 unspecified atom stereocenters. The summed E-state index contributed by atoms with van der Waals surface area (Å²) in [5.41, 5.74) is 1.08. The molecule has 2 atom stereocenters. The molecule has 0 heterocycles. The number of aliphatic hydroxyl groups is 2. The number of hydrogen-bond acceptors (Lipinski definition) is 4. The van der Waals surface area contributed by atoms with E-state index in [1.807, 2.05) is 30.3 Å². The van der Waals surface area contributed by atoms with Gasteiger partial charge in [0, 0.05) is 0 Å². The summed E-state index contributed by atoms with van der Waals surface area (Å²) in [5.74, 6) is -0.180. The maximum absolute atomic E-state index is 12.1. The number of hydrogen-bond donors (Lipinski definition) is 2. The van der Waals surface area contributed by atoms with Crippen LogP contribution in [0.2, 0.25) is 0 Å². The third-order valence-corrected chi connectivity index (χ3v) is 5.56. The largest absolute Gasteiger partial charge is 0.390 e. The van der Waals surface area contributed by atoms with E-state index in [1.165, 1.54) is 12.1 Å². The number of rotatable bonds is 8. The summed E-state index contributed by atoms with van der Waals surface area (Å²) in [7, 11) is -3.43. The Balaban J connectivity index is 1.83. The molecule has 23 heavy (non-hydrogen) atoms. The molecule has 0 aliphatic rings. The fourth-order valence-electron chi connectivity index (χ4n) is 2.37. The molecule has 0 aromatic heterocycles. The van der Waals surface area contributed by atoms with Gasteiger partial charge in [0.15, 0.2) is 9.84 Å². The number of aryl methyl sites for hydroxylation is 1. The molecule has 5 heteroatoms. The fourth-order valence-corrected chi connectivity index (χ4v) is 3.72. The van der Waals surface area contributed by atoms with Crippen LogP contribution in [0.4, 0.5) is 0 Å². The van der Waals surface area contributed by atoms with Gasteiger partial charge in [0.1, 0.15) is 0 Å². The summed E-state index contributed by atoms with van der Waals surface area (Å²) >= 11 is 0. The Labute approximate surface area is 137 Å². The van der Waals surface area contributed by atoms with Crippen molar-refractivity contribution in [3.63, 3.8) is 0 Å². The van der Waals surface area contributed by atoms with Crippen LogP contribution in [0.3, 0.4) is 0 Å². The normalized spacial score (nSPS) is 14.3. The standard InChI is InChI=1S/C18H22O4S/c19-17(12-11-15-7-3-1-4-8-15)18(20)13-14-23(21,22)16-9-5-2-6-10-16/h1-10,17-20H,11-14H2/t17-,18-/m0/s1. The summed E-state index contributed by atoms with van der Waals surface area (Å²) in [5, 5.41) is 20.0. The number of sulfone groups is 1. The third-order valence-electron chi connectivity index (χ3n) is 3.80. The van der Waals surface area contributed by atoms with Crippen molar-refractivity contribution in [1.82, 2.24) is 0 Å². The lowest BCUT2D eigenvalue weighted by atomic mass is 10.0. The molecule has 124 valence electrons. The highest BCUT2D eigenvalue weighted by molar-refractivity contribution is 7.91. The smallest absolute Gasteiger partial charge is 0.178 e. The zero-order chi connectivity index (χ0) is 16.7. The van der Waals surface area contributed by atoms with Gasteiger partial charge < -0.3 is 10.2 Å². The molecule has 0 fully saturated rings. The molecule has 0 saturated heterocycles. The van der Waals surface area contributed by atoms with Crippen LogP contribution < -0.4 is 0 Å². The van der Waals surface area contributed by atoms with Crippen molar-refractivity contribution in [1.29, 1.82) is 0 Å². The molecular formula is C18H22O4S. The van der Waals surface area contributed by atoms with Crippen LogP contribution in [0.1, 0.15) is 18.4 Å². The van der Waals surface area contributed by atoms with E-state index in [4.69, 9.17) is 0 Å². The highest BCUT2D eigenvalue weighted by atomic mass is 32.2. The summed E-state index contributed by atoms with van der Waals surface area (Å²) in [4.78, 5) is 0.242. The van der Waals surface area contributed by atoms with Gasteiger partial charge in [-0.15, -0.1) is 0 Å². The first kappa shape index (κ1) is 17.7. The minimum atomic E-state index is -3.43.